The number of hydrogen-bond acceptors (Lipinski definition) is 4. The van der Waals surface area contributed by atoms with Crippen molar-refractivity contribution >= 4 is 11.6 Å². The average Bonchev–Trinajstić information content (AvgIpc) is 2.54. The third-order valence-electron chi connectivity index (χ3n) is 3.60. The maximum absolute atomic E-state index is 12.5. The van der Waals surface area contributed by atoms with Crippen LogP contribution >= 0.6 is 0 Å². The Morgan fingerprint density at radius 1 is 1.26 bits per heavy atom. The Morgan fingerprint density at radius 3 is 2.61 bits per heavy atom. The lowest BCUT2D eigenvalue weighted by Gasteiger charge is -2.19. The van der Waals surface area contributed by atoms with E-state index >= 15 is 0 Å². The Morgan fingerprint density at radius 2 is 1.96 bits per heavy atom. The number of nitro groups is 1. The van der Waals surface area contributed by atoms with Crippen LogP contribution < -0.4 is 4.74 Å². The summed E-state index contributed by atoms with van der Waals surface area (Å²) in [7, 11) is 3.23. The van der Waals surface area contributed by atoms with Crippen LogP contribution in [0.4, 0.5) is 5.69 Å². The van der Waals surface area contributed by atoms with Gasteiger partial charge in [-0.15, -0.1) is 0 Å². The maximum atomic E-state index is 12.5. The summed E-state index contributed by atoms with van der Waals surface area (Å²) in [6.07, 6.45) is 0. The van der Waals surface area contributed by atoms with Crippen molar-refractivity contribution in [3.05, 3.63) is 69.3 Å². The highest BCUT2D eigenvalue weighted by Crippen LogP contribution is 2.22. The Kier molecular flexibility index (Phi) is 4.95. The predicted octanol–water partition coefficient (Wildman–Crippen LogP) is 3.18. The van der Waals surface area contributed by atoms with Gasteiger partial charge in [0.25, 0.3) is 11.6 Å². The molecule has 6 nitrogen and oxygen atoms in total. The number of benzene rings is 2. The number of hydrogen-bond donors (Lipinski definition) is 0. The first-order valence-corrected chi connectivity index (χ1v) is 7.06. The molecule has 0 saturated heterocycles. The summed E-state index contributed by atoms with van der Waals surface area (Å²) in [5.41, 5.74) is 1.63. The van der Waals surface area contributed by atoms with Crippen LogP contribution in [0, 0.1) is 17.0 Å². The molecule has 0 bridgehead atoms. The first kappa shape index (κ1) is 16.5. The molecule has 2 aromatic carbocycles. The second kappa shape index (κ2) is 6.91. The van der Waals surface area contributed by atoms with Gasteiger partial charge in [0.15, 0.2) is 0 Å². The van der Waals surface area contributed by atoms with Crippen LogP contribution in [0.25, 0.3) is 0 Å². The summed E-state index contributed by atoms with van der Waals surface area (Å²) in [6.45, 7) is 2.00. The van der Waals surface area contributed by atoms with Gasteiger partial charge in [0.05, 0.1) is 12.0 Å². The van der Waals surface area contributed by atoms with Crippen LogP contribution in [0.3, 0.4) is 0 Å². The molecule has 0 fully saturated rings. The number of carbonyl (C=O) groups excluding carboxylic acids is 1. The van der Waals surface area contributed by atoms with Crippen LogP contribution in [0.2, 0.25) is 0 Å². The van der Waals surface area contributed by atoms with Crippen molar-refractivity contribution in [1.82, 2.24) is 4.90 Å². The highest BCUT2D eigenvalue weighted by molar-refractivity contribution is 5.94. The molecule has 0 heterocycles. The highest BCUT2D eigenvalue weighted by Gasteiger charge is 2.18. The van der Waals surface area contributed by atoms with Crippen LogP contribution in [-0.4, -0.2) is 29.9 Å². The van der Waals surface area contributed by atoms with E-state index in [0.717, 1.165) is 5.56 Å². The van der Waals surface area contributed by atoms with Crippen molar-refractivity contribution < 1.29 is 14.5 Å². The van der Waals surface area contributed by atoms with Gasteiger partial charge in [0.1, 0.15) is 5.75 Å². The van der Waals surface area contributed by atoms with Gasteiger partial charge in [0.2, 0.25) is 0 Å². The lowest BCUT2D eigenvalue weighted by atomic mass is 10.1. The zero-order chi connectivity index (χ0) is 17.0. The molecule has 0 aliphatic carbocycles. The molecule has 0 atom stereocenters. The lowest BCUT2D eigenvalue weighted by Crippen LogP contribution is -2.26. The van der Waals surface area contributed by atoms with Crippen molar-refractivity contribution in [2.75, 3.05) is 14.2 Å². The number of para-hydroxylation sites is 1. The van der Waals surface area contributed by atoms with Crippen molar-refractivity contribution in [2.45, 2.75) is 13.5 Å². The van der Waals surface area contributed by atoms with Gasteiger partial charge in [-0.3, -0.25) is 14.9 Å². The van der Waals surface area contributed by atoms with Gasteiger partial charge < -0.3 is 9.64 Å². The summed E-state index contributed by atoms with van der Waals surface area (Å²) in [6, 6.07) is 11.9. The minimum absolute atomic E-state index is 0.0541. The van der Waals surface area contributed by atoms with Gasteiger partial charge >= 0.3 is 0 Å². The number of ether oxygens (including phenoxy) is 1. The number of nitrogens with zero attached hydrogens (tertiary/aromatic N) is 2. The Hall–Kier alpha value is -2.89. The SMILES string of the molecule is COc1ccccc1CN(C)C(=O)c1ccc(C)c([N+](=O)[O-])c1. The fourth-order valence-electron chi connectivity index (χ4n) is 2.32. The van der Waals surface area contributed by atoms with Gasteiger partial charge in [-0.05, 0) is 19.1 Å². The van der Waals surface area contributed by atoms with E-state index in [1.54, 1.807) is 33.2 Å². The van der Waals surface area contributed by atoms with E-state index in [4.69, 9.17) is 4.74 Å². The third-order valence-corrected chi connectivity index (χ3v) is 3.60. The summed E-state index contributed by atoms with van der Waals surface area (Å²) < 4.78 is 5.27. The topological polar surface area (TPSA) is 72.7 Å². The molecule has 1 amide bonds. The molecule has 0 aliphatic rings. The molecule has 2 rings (SSSR count). The lowest BCUT2D eigenvalue weighted by molar-refractivity contribution is -0.385. The van der Waals surface area contributed by atoms with Crippen LogP contribution in [-0.2, 0) is 6.54 Å². The van der Waals surface area contributed by atoms with E-state index in [1.807, 2.05) is 24.3 Å². The van der Waals surface area contributed by atoms with E-state index in [0.29, 0.717) is 23.4 Å². The second-order valence-electron chi connectivity index (χ2n) is 5.23. The van der Waals surface area contributed by atoms with Gasteiger partial charge in [0, 0.05) is 36.3 Å². The average molecular weight is 314 g/mol. The van der Waals surface area contributed by atoms with Gasteiger partial charge in [-0.25, -0.2) is 0 Å². The number of carbonyl (C=O) groups is 1. The molecular weight excluding hydrogens is 296 g/mol. The standard InChI is InChI=1S/C17H18N2O4/c1-12-8-9-13(10-15(12)19(21)22)17(20)18(2)11-14-6-4-5-7-16(14)23-3/h4-10H,11H2,1-3H3. The first-order chi connectivity index (χ1) is 10.9. The summed E-state index contributed by atoms with van der Waals surface area (Å²) in [5.74, 6) is 0.418. The maximum Gasteiger partial charge on any atom is 0.273 e. The van der Waals surface area contributed by atoms with Gasteiger partial charge in [-0.1, -0.05) is 24.3 Å². The van der Waals surface area contributed by atoms with Crippen molar-refractivity contribution in [3.63, 3.8) is 0 Å². The van der Waals surface area contributed by atoms with Crippen LogP contribution in [0.5, 0.6) is 5.75 Å². The monoisotopic (exact) mass is 314 g/mol. The smallest absolute Gasteiger partial charge is 0.273 e. The zero-order valence-corrected chi connectivity index (χ0v) is 13.3. The number of rotatable bonds is 5. The molecular formula is C17H18N2O4. The molecule has 2 aromatic rings. The van der Waals surface area contributed by atoms with Crippen molar-refractivity contribution in [1.29, 1.82) is 0 Å². The Balaban J connectivity index is 2.23. The fraction of sp³-hybridized carbons (Fsp3) is 0.235. The molecule has 0 radical (unpaired) electrons. The number of nitro benzene ring substituents is 1. The molecule has 23 heavy (non-hydrogen) atoms. The molecule has 0 aromatic heterocycles. The molecule has 0 spiro atoms. The van der Waals surface area contributed by atoms with Crippen LogP contribution in [0.1, 0.15) is 21.5 Å². The first-order valence-electron chi connectivity index (χ1n) is 7.06. The predicted molar refractivity (Wildman–Crippen MR) is 86.6 cm³/mol. The third kappa shape index (κ3) is 3.66. The van der Waals surface area contributed by atoms with E-state index < -0.39 is 4.92 Å². The van der Waals surface area contributed by atoms with E-state index in [2.05, 4.69) is 0 Å². The molecule has 6 heteroatoms. The minimum Gasteiger partial charge on any atom is -0.496 e. The Bertz CT molecular complexity index is 743. The summed E-state index contributed by atoms with van der Waals surface area (Å²) >= 11 is 0. The highest BCUT2D eigenvalue weighted by atomic mass is 16.6. The zero-order valence-electron chi connectivity index (χ0n) is 13.3. The quantitative estimate of drug-likeness (QED) is 0.627. The molecule has 0 N–H and O–H groups in total. The van der Waals surface area contributed by atoms with E-state index in [9.17, 15) is 14.9 Å². The van der Waals surface area contributed by atoms with E-state index in [-0.39, 0.29) is 11.6 Å². The fourth-order valence-corrected chi connectivity index (χ4v) is 2.32. The number of methoxy groups -OCH3 is 1. The van der Waals surface area contributed by atoms with Crippen LogP contribution in [0.15, 0.2) is 42.5 Å². The molecule has 0 unspecified atom stereocenters. The summed E-state index contributed by atoms with van der Waals surface area (Å²) in [4.78, 5) is 24.5. The van der Waals surface area contributed by atoms with E-state index in [1.165, 1.54) is 11.0 Å². The largest absolute Gasteiger partial charge is 0.496 e. The normalized spacial score (nSPS) is 10.2. The number of aryl methyl sites for hydroxylation is 1. The van der Waals surface area contributed by atoms with Crippen molar-refractivity contribution in [3.8, 4) is 5.75 Å². The number of amides is 1. The summed E-state index contributed by atoms with van der Waals surface area (Å²) in [5, 5.41) is 11.0. The molecule has 0 saturated carbocycles. The molecule has 0 aliphatic heterocycles. The second-order valence-corrected chi connectivity index (χ2v) is 5.23. The Labute approximate surface area is 134 Å². The molecule has 120 valence electrons. The minimum atomic E-state index is -0.480. The van der Waals surface area contributed by atoms with Crippen molar-refractivity contribution in [2.24, 2.45) is 0 Å². The van der Waals surface area contributed by atoms with Gasteiger partial charge in [-0.2, -0.15) is 0 Å².